The van der Waals surface area contributed by atoms with Crippen molar-refractivity contribution < 1.29 is 0 Å². The minimum absolute atomic E-state index is 0.657. The Morgan fingerprint density at radius 1 is 1.62 bits per heavy atom. The zero-order valence-corrected chi connectivity index (χ0v) is 4.99. The van der Waals surface area contributed by atoms with Gasteiger partial charge in [-0.2, -0.15) is 0 Å². The average Bonchev–Trinajstić information content (AvgIpc) is 2.29. The maximum atomic E-state index is 3.37. The number of fused-ring (bicyclic) bond motifs is 1. The molecule has 2 aliphatic rings. The highest BCUT2D eigenvalue weighted by Gasteiger charge is 2.26. The molecule has 8 heavy (non-hydrogen) atoms. The van der Waals surface area contributed by atoms with Crippen molar-refractivity contribution in [3.05, 3.63) is 11.3 Å². The van der Waals surface area contributed by atoms with E-state index in [-0.39, 0.29) is 0 Å². The fourth-order valence-electron chi connectivity index (χ4n) is 1.38. The third-order valence-corrected chi connectivity index (χ3v) is 2.04. The van der Waals surface area contributed by atoms with Crippen molar-refractivity contribution in [2.45, 2.75) is 13.0 Å². The Kier molecular flexibility index (Phi) is 0.690. The van der Waals surface area contributed by atoms with Gasteiger partial charge in [-0.15, -0.1) is 0 Å². The monoisotopic (exact) mass is 110 g/mol. The first-order valence-electron chi connectivity index (χ1n) is 3.05. The summed E-state index contributed by atoms with van der Waals surface area (Å²) >= 11 is 0. The van der Waals surface area contributed by atoms with Crippen molar-refractivity contribution in [2.24, 2.45) is 0 Å². The molecule has 2 heteroatoms. The summed E-state index contributed by atoms with van der Waals surface area (Å²) in [5.74, 6) is 0. The molecule has 2 nitrogen and oxygen atoms in total. The largest absolute Gasteiger partial charge is 0.385 e. The maximum absolute atomic E-state index is 3.37. The lowest BCUT2D eigenvalue weighted by Gasteiger charge is -2.12. The summed E-state index contributed by atoms with van der Waals surface area (Å²) < 4.78 is 0. The summed E-state index contributed by atoms with van der Waals surface area (Å²) in [6.07, 6.45) is 0. The maximum Gasteiger partial charge on any atom is 0.0475 e. The Labute approximate surface area is 49.0 Å². The van der Waals surface area contributed by atoms with Crippen LogP contribution in [0.2, 0.25) is 0 Å². The predicted molar refractivity (Wildman–Crippen MR) is 32.5 cm³/mol. The van der Waals surface area contributed by atoms with Gasteiger partial charge in [-0.25, -0.2) is 0 Å². The summed E-state index contributed by atoms with van der Waals surface area (Å²) in [4.78, 5) is 0. The zero-order chi connectivity index (χ0) is 5.56. The van der Waals surface area contributed by atoms with Gasteiger partial charge in [-0.1, -0.05) is 0 Å². The van der Waals surface area contributed by atoms with Crippen LogP contribution in [-0.2, 0) is 0 Å². The summed E-state index contributed by atoms with van der Waals surface area (Å²) in [7, 11) is 0. The number of rotatable bonds is 0. The van der Waals surface area contributed by atoms with Gasteiger partial charge in [0, 0.05) is 24.8 Å². The third-order valence-electron chi connectivity index (χ3n) is 2.04. The predicted octanol–water partition coefficient (Wildman–Crippen LogP) is -0.165. The van der Waals surface area contributed by atoms with Gasteiger partial charge in [0.2, 0.25) is 0 Å². The van der Waals surface area contributed by atoms with E-state index >= 15 is 0 Å². The molecule has 0 saturated carbocycles. The lowest BCUT2D eigenvalue weighted by Crippen LogP contribution is -2.37. The Morgan fingerprint density at radius 3 is 2.62 bits per heavy atom. The standard InChI is InChI=1S/C6H10N2/c1-4-5-2-7-6(4)3-8-5/h5,7-8H,2-3H2,1H3. The van der Waals surface area contributed by atoms with Gasteiger partial charge >= 0.3 is 0 Å². The SMILES string of the molecule is CC1=C2CNC1CN2. The van der Waals surface area contributed by atoms with E-state index in [2.05, 4.69) is 17.6 Å². The molecule has 0 fully saturated rings. The lowest BCUT2D eigenvalue weighted by atomic mass is 10.2. The summed E-state index contributed by atoms with van der Waals surface area (Å²) in [5.41, 5.74) is 2.94. The van der Waals surface area contributed by atoms with Crippen LogP contribution < -0.4 is 10.6 Å². The van der Waals surface area contributed by atoms with E-state index in [1.54, 1.807) is 0 Å². The lowest BCUT2D eigenvalue weighted by molar-refractivity contribution is 0.576. The molecule has 2 aliphatic heterocycles. The molecule has 0 aliphatic carbocycles. The van der Waals surface area contributed by atoms with Crippen molar-refractivity contribution >= 4 is 0 Å². The molecule has 0 aromatic heterocycles. The van der Waals surface area contributed by atoms with Crippen molar-refractivity contribution in [2.75, 3.05) is 13.1 Å². The Morgan fingerprint density at radius 2 is 2.50 bits per heavy atom. The van der Waals surface area contributed by atoms with Gasteiger partial charge in [0.15, 0.2) is 0 Å². The number of nitrogens with one attached hydrogen (secondary N) is 2. The highest BCUT2D eigenvalue weighted by Crippen LogP contribution is 2.18. The molecule has 2 bridgehead atoms. The van der Waals surface area contributed by atoms with Crippen molar-refractivity contribution in [3.63, 3.8) is 0 Å². The fourth-order valence-corrected chi connectivity index (χ4v) is 1.38. The van der Waals surface area contributed by atoms with Gasteiger partial charge in [-0.3, -0.25) is 0 Å². The summed E-state index contributed by atoms with van der Waals surface area (Å²) in [6.45, 7) is 4.37. The molecule has 2 heterocycles. The van der Waals surface area contributed by atoms with Crippen LogP contribution in [0.1, 0.15) is 6.92 Å². The van der Waals surface area contributed by atoms with Crippen LogP contribution in [0.15, 0.2) is 11.3 Å². The molecule has 0 aromatic rings. The molecule has 0 aromatic carbocycles. The van der Waals surface area contributed by atoms with E-state index < -0.39 is 0 Å². The van der Waals surface area contributed by atoms with Crippen LogP contribution in [0.5, 0.6) is 0 Å². The van der Waals surface area contributed by atoms with Gasteiger partial charge in [-0.05, 0) is 12.5 Å². The molecule has 1 atom stereocenters. The van der Waals surface area contributed by atoms with E-state index in [4.69, 9.17) is 0 Å². The normalized spacial score (nSPS) is 33.9. The second kappa shape index (κ2) is 1.26. The van der Waals surface area contributed by atoms with Crippen LogP contribution in [0.3, 0.4) is 0 Å². The van der Waals surface area contributed by atoms with E-state index in [0.29, 0.717) is 6.04 Å². The van der Waals surface area contributed by atoms with Crippen LogP contribution >= 0.6 is 0 Å². The van der Waals surface area contributed by atoms with E-state index in [9.17, 15) is 0 Å². The molecule has 44 valence electrons. The third kappa shape index (κ3) is 0.364. The minimum Gasteiger partial charge on any atom is -0.385 e. The first-order valence-corrected chi connectivity index (χ1v) is 3.05. The number of hydrogen-bond donors (Lipinski definition) is 2. The Hall–Kier alpha value is -0.500. The molecule has 2 N–H and O–H groups in total. The molecule has 0 amide bonds. The van der Waals surface area contributed by atoms with Gasteiger partial charge < -0.3 is 10.6 Å². The number of hydrogen-bond acceptors (Lipinski definition) is 2. The first-order chi connectivity index (χ1) is 3.88. The van der Waals surface area contributed by atoms with E-state index in [0.717, 1.165) is 13.1 Å². The van der Waals surface area contributed by atoms with Gasteiger partial charge in [0.05, 0.1) is 0 Å². The zero-order valence-electron chi connectivity index (χ0n) is 4.99. The van der Waals surface area contributed by atoms with Crippen molar-refractivity contribution in [1.29, 1.82) is 0 Å². The van der Waals surface area contributed by atoms with E-state index in [1.165, 1.54) is 11.3 Å². The highest BCUT2D eigenvalue weighted by atomic mass is 15.1. The van der Waals surface area contributed by atoms with Gasteiger partial charge in [0.1, 0.15) is 0 Å². The molecule has 2 rings (SSSR count). The molecular weight excluding hydrogens is 100 g/mol. The van der Waals surface area contributed by atoms with Crippen LogP contribution in [0.25, 0.3) is 0 Å². The molecule has 1 unspecified atom stereocenters. The Bertz CT molecular complexity index is 139. The Balaban J connectivity index is 2.34. The molecule has 0 saturated heterocycles. The highest BCUT2D eigenvalue weighted by molar-refractivity contribution is 5.29. The summed E-state index contributed by atoms with van der Waals surface area (Å²) in [5, 5.41) is 6.69. The smallest absolute Gasteiger partial charge is 0.0475 e. The van der Waals surface area contributed by atoms with E-state index in [1.807, 2.05) is 0 Å². The van der Waals surface area contributed by atoms with Crippen molar-refractivity contribution in [3.8, 4) is 0 Å². The van der Waals surface area contributed by atoms with Crippen LogP contribution in [-0.4, -0.2) is 19.1 Å². The summed E-state index contributed by atoms with van der Waals surface area (Å²) in [6, 6.07) is 0.657. The average molecular weight is 110 g/mol. The van der Waals surface area contributed by atoms with Gasteiger partial charge in [0.25, 0.3) is 0 Å². The first kappa shape index (κ1) is 4.39. The second-order valence-electron chi connectivity index (χ2n) is 2.48. The van der Waals surface area contributed by atoms with Crippen LogP contribution in [0.4, 0.5) is 0 Å². The quantitative estimate of drug-likeness (QED) is 0.452. The van der Waals surface area contributed by atoms with Crippen LogP contribution in [0, 0.1) is 0 Å². The fraction of sp³-hybridized carbons (Fsp3) is 0.667. The second-order valence-corrected chi connectivity index (χ2v) is 2.48. The minimum atomic E-state index is 0.657. The topological polar surface area (TPSA) is 24.1 Å². The molecular formula is C6H10N2. The molecule has 0 spiro atoms. The van der Waals surface area contributed by atoms with Crippen molar-refractivity contribution in [1.82, 2.24) is 10.6 Å². The molecule has 0 radical (unpaired) electrons. The number of piperazine rings is 1.